The van der Waals surface area contributed by atoms with Gasteiger partial charge in [0.25, 0.3) is 5.91 Å². The van der Waals surface area contributed by atoms with Crippen molar-refractivity contribution >= 4 is 16.9 Å². The van der Waals surface area contributed by atoms with E-state index in [-0.39, 0.29) is 18.6 Å². The molecule has 0 spiro atoms. The van der Waals surface area contributed by atoms with Crippen LogP contribution in [0.1, 0.15) is 29.0 Å². The van der Waals surface area contributed by atoms with Gasteiger partial charge in [-0.15, -0.1) is 0 Å². The molecule has 1 aliphatic rings. The Morgan fingerprint density at radius 3 is 3.11 bits per heavy atom. The van der Waals surface area contributed by atoms with Crippen molar-refractivity contribution in [3.8, 4) is 0 Å². The van der Waals surface area contributed by atoms with E-state index in [0.29, 0.717) is 12.3 Å². The Hall–Kier alpha value is -1.81. The molecule has 1 aromatic carbocycles. The molecule has 0 radical (unpaired) electrons. The summed E-state index contributed by atoms with van der Waals surface area (Å²) in [4.78, 5) is 14.1. The molecule has 1 atom stereocenters. The predicted octanol–water partition coefficient (Wildman–Crippen LogP) is 2.34. The van der Waals surface area contributed by atoms with E-state index in [1.807, 2.05) is 25.1 Å². The van der Waals surface area contributed by atoms with Crippen molar-refractivity contribution in [3.05, 3.63) is 35.6 Å². The molecule has 1 saturated heterocycles. The van der Waals surface area contributed by atoms with Crippen LogP contribution in [0.15, 0.2) is 28.7 Å². The number of fused-ring (bicyclic) bond motifs is 1. The van der Waals surface area contributed by atoms with E-state index >= 15 is 0 Å². The number of carbonyl (C=O) groups is 1. The van der Waals surface area contributed by atoms with Gasteiger partial charge >= 0.3 is 0 Å². The number of hydrogen-bond acceptors (Lipinski definition) is 3. The monoisotopic (exact) mass is 259 g/mol. The second-order valence-electron chi connectivity index (χ2n) is 5.13. The van der Waals surface area contributed by atoms with Crippen LogP contribution >= 0.6 is 0 Å². The molecule has 3 rings (SSSR count). The Balaban J connectivity index is 1.93. The zero-order valence-electron chi connectivity index (χ0n) is 10.9. The maximum Gasteiger partial charge on any atom is 0.289 e. The highest BCUT2D eigenvalue weighted by atomic mass is 16.3. The third kappa shape index (κ3) is 2.12. The number of hydrogen-bond donors (Lipinski definition) is 1. The van der Waals surface area contributed by atoms with Crippen molar-refractivity contribution in [2.24, 2.45) is 0 Å². The normalized spacial score (nSPS) is 19.3. The molecular formula is C15H17NO3. The summed E-state index contributed by atoms with van der Waals surface area (Å²) in [5, 5.41) is 10.2. The van der Waals surface area contributed by atoms with E-state index in [2.05, 4.69) is 0 Å². The molecule has 19 heavy (non-hydrogen) atoms. The van der Waals surface area contributed by atoms with Crippen molar-refractivity contribution in [2.45, 2.75) is 25.8 Å². The number of amides is 1. The molecule has 0 bridgehead atoms. The molecule has 1 N–H and O–H groups in total. The van der Waals surface area contributed by atoms with Crippen molar-refractivity contribution in [2.75, 3.05) is 13.2 Å². The highest BCUT2D eigenvalue weighted by Gasteiger charge is 2.30. The summed E-state index contributed by atoms with van der Waals surface area (Å²) in [6, 6.07) is 7.57. The van der Waals surface area contributed by atoms with Crippen LogP contribution in [0, 0.1) is 6.92 Å². The van der Waals surface area contributed by atoms with Crippen LogP contribution in [-0.2, 0) is 0 Å². The molecule has 0 unspecified atom stereocenters. The zero-order chi connectivity index (χ0) is 13.4. The predicted molar refractivity (Wildman–Crippen MR) is 72.1 cm³/mol. The minimum absolute atomic E-state index is 0.0189. The average Bonchev–Trinajstić information content (AvgIpc) is 3.03. The maximum atomic E-state index is 12.4. The highest BCUT2D eigenvalue weighted by Crippen LogP contribution is 2.25. The van der Waals surface area contributed by atoms with Crippen LogP contribution in [0.4, 0.5) is 0 Å². The minimum Gasteiger partial charge on any atom is -0.451 e. The van der Waals surface area contributed by atoms with Gasteiger partial charge in [-0.1, -0.05) is 11.6 Å². The summed E-state index contributed by atoms with van der Waals surface area (Å²) >= 11 is 0. The number of furan rings is 1. The molecule has 0 saturated carbocycles. The van der Waals surface area contributed by atoms with Crippen LogP contribution in [0.5, 0.6) is 0 Å². The third-order valence-corrected chi connectivity index (χ3v) is 3.73. The van der Waals surface area contributed by atoms with Gasteiger partial charge in [0.05, 0.1) is 12.6 Å². The Kier molecular flexibility index (Phi) is 3.03. The third-order valence-electron chi connectivity index (χ3n) is 3.73. The lowest BCUT2D eigenvalue weighted by molar-refractivity contribution is 0.0648. The Labute approximate surface area is 111 Å². The fraction of sp³-hybridized carbons (Fsp3) is 0.400. The Morgan fingerprint density at radius 1 is 1.47 bits per heavy atom. The van der Waals surface area contributed by atoms with E-state index in [1.54, 1.807) is 11.0 Å². The van der Waals surface area contributed by atoms with Gasteiger partial charge < -0.3 is 14.4 Å². The van der Waals surface area contributed by atoms with Gasteiger partial charge in [0, 0.05) is 11.9 Å². The second-order valence-corrected chi connectivity index (χ2v) is 5.13. The fourth-order valence-electron chi connectivity index (χ4n) is 2.70. The quantitative estimate of drug-likeness (QED) is 0.900. The van der Waals surface area contributed by atoms with Gasteiger partial charge in [0.2, 0.25) is 0 Å². The summed E-state index contributed by atoms with van der Waals surface area (Å²) in [6.07, 6.45) is 1.80. The van der Waals surface area contributed by atoms with Gasteiger partial charge in [-0.25, -0.2) is 0 Å². The maximum absolute atomic E-state index is 12.4. The van der Waals surface area contributed by atoms with Crippen LogP contribution in [0.25, 0.3) is 11.0 Å². The summed E-state index contributed by atoms with van der Waals surface area (Å²) in [6.45, 7) is 2.72. The number of aliphatic hydroxyl groups is 1. The summed E-state index contributed by atoms with van der Waals surface area (Å²) in [5.41, 5.74) is 1.87. The van der Waals surface area contributed by atoms with Gasteiger partial charge in [-0.2, -0.15) is 0 Å². The first kappa shape index (κ1) is 12.2. The standard InChI is InChI=1S/C15H17NO3/c1-10-4-5-13-11(7-10)8-14(19-13)15(18)16-6-2-3-12(16)9-17/h4-5,7-8,12,17H,2-3,6,9H2,1H3/t12-/m0/s1. The van der Waals surface area contributed by atoms with Crippen molar-refractivity contribution in [3.63, 3.8) is 0 Å². The van der Waals surface area contributed by atoms with Gasteiger partial charge in [0.1, 0.15) is 5.58 Å². The summed E-state index contributed by atoms with van der Waals surface area (Å²) in [7, 11) is 0. The van der Waals surface area contributed by atoms with Crippen molar-refractivity contribution in [1.29, 1.82) is 0 Å². The van der Waals surface area contributed by atoms with Gasteiger partial charge in [0.15, 0.2) is 5.76 Å². The number of benzene rings is 1. The minimum atomic E-state index is -0.120. The molecule has 1 aliphatic heterocycles. The summed E-state index contributed by atoms with van der Waals surface area (Å²) < 4.78 is 5.62. The van der Waals surface area contributed by atoms with Crippen LogP contribution in [0.2, 0.25) is 0 Å². The van der Waals surface area contributed by atoms with Gasteiger partial charge in [-0.3, -0.25) is 4.79 Å². The van der Waals surface area contributed by atoms with Gasteiger partial charge in [-0.05, 0) is 38.0 Å². The van der Waals surface area contributed by atoms with E-state index in [0.717, 1.165) is 29.4 Å². The number of carbonyl (C=O) groups excluding carboxylic acids is 1. The molecule has 2 aromatic rings. The SMILES string of the molecule is Cc1ccc2oc(C(=O)N3CCC[C@H]3CO)cc2c1. The molecule has 4 nitrogen and oxygen atoms in total. The fourth-order valence-corrected chi connectivity index (χ4v) is 2.70. The summed E-state index contributed by atoms with van der Waals surface area (Å²) in [5.74, 6) is 0.242. The first-order valence-electron chi connectivity index (χ1n) is 6.61. The number of likely N-dealkylation sites (tertiary alicyclic amines) is 1. The molecule has 100 valence electrons. The lowest BCUT2D eigenvalue weighted by atomic mass is 10.2. The van der Waals surface area contributed by atoms with Crippen LogP contribution < -0.4 is 0 Å². The Morgan fingerprint density at radius 2 is 2.32 bits per heavy atom. The average molecular weight is 259 g/mol. The zero-order valence-corrected chi connectivity index (χ0v) is 10.9. The Bertz CT molecular complexity index is 617. The smallest absolute Gasteiger partial charge is 0.289 e. The molecule has 0 aliphatic carbocycles. The van der Waals surface area contributed by atoms with E-state index in [4.69, 9.17) is 4.42 Å². The van der Waals surface area contributed by atoms with Crippen LogP contribution in [0.3, 0.4) is 0 Å². The number of aryl methyl sites for hydroxylation is 1. The number of aliphatic hydroxyl groups excluding tert-OH is 1. The molecule has 1 aromatic heterocycles. The highest BCUT2D eigenvalue weighted by molar-refractivity contribution is 5.96. The lowest BCUT2D eigenvalue weighted by Crippen LogP contribution is -2.37. The van der Waals surface area contributed by atoms with Crippen LogP contribution in [-0.4, -0.2) is 35.1 Å². The number of nitrogens with zero attached hydrogens (tertiary/aromatic N) is 1. The molecule has 1 amide bonds. The van der Waals surface area contributed by atoms with Crippen molar-refractivity contribution in [1.82, 2.24) is 4.90 Å². The molecule has 1 fully saturated rings. The van der Waals surface area contributed by atoms with Crippen molar-refractivity contribution < 1.29 is 14.3 Å². The lowest BCUT2D eigenvalue weighted by Gasteiger charge is -2.21. The topological polar surface area (TPSA) is 53.7 Å². The van der Waals surface area contributed by atoms with E-state index < -0.39 is 0 Å². The molecule has 4 heteroatoms. The molecule has 2 heterocycles. The molecular weight excluding hydrogens is 242 g/mol. The first-order chi connectivity index (χ1) is 9.19. The van der Waals surface area contributed by atoms with E-state index in [1.165, 1.54) is 0 Å². The number of rotatable bonds is 2. The largest absolute Gasteiger partial charge is 0.451 e. The second kappa shape index (κ2) is 4.70. The van der Waals surface area contributed by atoms with E-state index in [9.17, 15) is 9.90 Å². The first-order valence-corrected chi connectivity index (χ1v) is 6.61.